The number of fused-ring (bicyclic) bond motifs is 2. The summed E-state index contributed by atoms with van der Waals surface area (Å²) in [5.74, 6) is 1.36. The number of methoxy groups -OCH3 is 1. The van der Waals surface area contributed by atoms with Crippen molar-refractivity contribution in [3.05, 3.63) is 29.6 Å². The SMILES string of the molecule is COc1ccccc1-c1csc(NC(=O)CC2CC3CCC(C2)N3)n1. The van der Waals surface area contributed by atoms with Gasteiger partial charge in [0.05, 0.1) is 12.8 Å². The number of carbonyl (C=O) groups is 1. The van der Waals surface area contributed by atoms with Gasteiger partial charge in [0.2, 0.25) is 5.91 Å². The lowest BCUT2D eigenvalue weighted by molar-refractivity contribution is -0.117. The molecule has 0 saturated carbocycles. The molecule has 2 fully saturated rings. The van der Waals surface area contributed by atoms with Gasteiger partial charge in [-0.05, 0) is 43.7 Å². The van der Waals surface area contributed by atoms with E-state index in [-0.39, 0.29) is 5.91 Å². The number of para-hydroxylation sites is 1. The molecule has 6 heteroatoms. The molecule has 132 valence electrons. The second-order valence-corrected chi connectivity index (χ2v) is 7.82. The van der Waals surface area contributed by atoms with Gasteiger partial charge >= 0.3 is 0 Å². The molecule has 4 rings (SSSR count). The zero-order valence-corrected chi connectivity index (χ0v) is 15.1. The van der Waals surface area contributed by atoms with E-state index in [1.807, 2.05) is 29.6 Å². The van der Waals surface area contributed by atoms with E-state index in [1.165, 1.54) is 24.2 Å². The minimum absolute atomic E-state index is 0.0761. The molecule has 2 bridgehead atoms. The Morgan fingerprint density at radius 1 is 1.32 bits per heavy atom. The van der Waals surface area contributed by atoms with E-state index in [0.29, 0.717) is 29.6 Å². The van der Waals surface area contributed by atoms with Crippen LogP contribution in [0.5, 0.6) is 5.75 Å². The normalized spacial score (nSPS) is 24.9. The lowest BCUT2D eigenvalue weighted by Gasteiger charge is -2.28. The first-order valence-electron chi connectivity index (χ1n) is 8.86. The maximum absolute atomic E-state index is 12.4. The van der Waals surface area contributed by atoms with Crippen LogP contribution in [-0.2, 0) is 4.79 Å². The Hall–Kier alpha value is -1.92. The summed E-state index contributed by atoms with van der Waals surface area (Å²) < 4.78 is 5.39. The Bertz CT molecular complexity index is 749. The molecule has 3 heterocycles. The molecule has 2 saturated heterocycles. The highest BCUT2D eigenvalue weighted by molar-refractivity contribution is 7.14. The zero-order valence-electron chi connectivity index (χ0n) is 14.3. The van der Waals surface area contributed by atoms with Crippen molar-refractivity contribution in [2.24, 2.45) is 5.92 Å². The molecule has 2 aliphatic rings. The third kappa shape index (κ3) is 3.70. The summed E-state index contributed by atoms with van der Waals surface area (Å²) in [5, 5.41) is 9.21. The number of rotatable bonds is 5. The van der Waals surface area contributed by atoms with Crippen LogP contribution in [0.2, 0.25) is 0 Å². The molecule has 25 heavy (non-hydrogen) atoms. The summed E-state index contributed by atoms with van der Waals surface area (Å²) in [5.41, 5.74) is 1.77. The quantitative estimate of drug-likeness (QED) is 0.857. The Balaban J connectivity index is 1.38. The summed E-state index contributed by atoms with van der Waals surface area (Å²) in [6.07, 6.45) is 5.36. The molecule has 2 unspecified atom stereocenters. The topological polar surface area (TPSA) is 63.2 Å². The number of amides is 1. The summed E-state index contributed by atoms with van der Waals surface area (Å²) in [4.78, 5) is 17.0. The van der Waals surface area contributed by atoms with E-state index < -0.39 is 0 Å². The molecule has 2 aliphatic heterocycles. The van der Waals surface area contributed by atoms with Crippen LogP contribution in [0.25, 0.3) is 11.3 Å². The summed E-state index contributed by atoms with van der Waals surface area (Å²) in [6, 6.07) is 9.02. The monoisotopic (exact) mass is 357 g/mol. The van der Waals surface area contributed by atoms with Crippen LogP contribution < -0.4 is 15.4 Å². The van der Waals surface area contributed by atoms with Crippen molar-refractivity contribution in [2.45, 2.75) is 44.2 Å². The van der Waals surface area contributed by atoms with E-state index >= 15 is 0 Å². The largest absolute Gasteiger partial charge is 0.496 e. The van der Waals surface area contributed by atoms with Crippen molar-refractivity contribution >= 4 is 22.4 Å². The third-order valence-corrected chi connectivity index (χ3v) is 5.94. The molecule has 0 aliphatic carbocycles. The maximum atomic E-state index is 12.4. The number of nitrogens with one attached hydrogen (secondary N) is 2. The third-order valence-electron chi connectivity index (χ3n) is 5.18. The Morgan fingerprint density at radius 2 is 2.08 bits per heavy atom. The highest BCUT2D eigenvalue weighted by Crippen LogP contribution is 2.34. The van der Waals surface area contributed by atoms with Gasteiger partial charge in [0.15, 0.2) is 5.13 Å². The van der Waals surface area contributed by atoms with Crippen molar-refractivity contribution in [1.29, 1.82) is 0 Å². The number of carbonyl (C=O) groups excluding carboxylic acids is 1. The number of thiazole rings is 1. The van der Waals surface area contributed by atoms with Crippen LogP contribution in [-0.4, -0.2) is 30.1 Å². The summed E-state index contributed by atoms with van der Waals surface area (Å²) >= 11 is 1.46. The van der Waals surface area contributed by atoms with E-state index in [2.05, 4.69) is 15.6 Å². The van der Waals surface area contributed by atoms with Gasteiger partial charge in [-0.1, -0.05) is 12.1 Å². The van der Waals surface area contributed by atoms with E-state index in [1.54, 1.807) is 7.11 Å². The predicted molar refractivity (Wildman–Crippen MR) is 100 cm³/mol. The van der Waals surface area contributed by atoms with Crippen LogP contribution in [0, 0.1) is 5.92 Å². The smallest absolute Gasteiger partial charge is 0.226 e. The minimum atomic E-state index is 0.0761. The van der Waals surface area contributed by atoms with Gasteiger partial charge in [0.25, 0.3) is 0 Å². The first kappa shape index (κ1) is 16.5. The highest BCUT2D eigenvalue weighted by atomic mass is 32.1. The van der Waals surface area contributed by atoms with E-state index in [9.17, 15) is 4.79 Å². The van der Waals surface area contributed by atoms with E-state index in [0.717, 1.165) is 29.8 Å². The zero-order chi connectivity index (χ0) is 17.2. The Morgan fingerprint density at radius 3 is 2.84 bits per heavy atom. The predicted octanol–water partition coefficient (Wildman–Crippen LogP) is 3.68. The molecule has 1 amide bonds. The number of hydrogen-bond donors (Lipinski definition) is 2. The first-order valence-corrected chi connectivity index (χ1v) is 9.74. The average molecular weight is 357 g/mol. The van der Waals surface area contributed by atoms with Gasteiger partial charge in [-0.2, -0.15) is 0 Å². The molecule has 1 aromatic heterocycles. The van der Waals surface area contributed by atoms with Crippen LogP contribution in [0.3, 0.4) is 0 Å². The Labute approximate surface area is 151 Å². The fourth-order valence-electron chi connectivity index (χ4n) is 4.09. The lowest BCUT2D eigenvalue weighted by atomic mass is 9.89. The van der Waals surface area contributed by atoms with Crippen molar-refractivity contribution in [3.63, 3.8) is 0 Å². The number of anilines is 1. The molecule has 2 atom stereocenters. The molecule has 2 N–H and O–H groups in total. The first-order chi connectivity index (χ1) is 12.2. The van der Waals surface area contributed by atoms with Gasteiger partial charge in [0.1, 0.15) is 5.75 Å². The van der Waals surface area contributed by atoms with Gasteiger partial charge in [0, 0.05) is 29.4 Å². The molecular formula is C19H23N3O2S. The second kappa shape index (κ2) is 7.14. The van der Waals surface area contributed by atoms with Gasteiger partial charge in [-0.15, -0.1) is 11.3 Å². The number of benzene rings is 1. The molecule has 2 aromatic rings. The minimum Gasteiger partial charge on any atom is -0.496 e. The second-order valence-electron chi connectivity index (χ2n) is 6.97. The summed E-state index contributed by atoms with van der Waals surface area (Å²) in [7, 11) is 1.65. The van der Waals surface area contributed by atoms with Crippen molar-refractivity contribution in [2.75, 3.05) is 12.4 Å². The molecular weight excluding hydrogens is 334 g/mol. The lowest BCUT2D eigenvalue weighted by Crippen LogP contribution is -2.39. The number of aromatic nitrogens is 1. The van der Waals surface area contributed by atoms with Gasteiger partial charge in [-0.3, -0.25) is 4.79 Å². The van der Waals surface area contributed by atoms with Gasteiger partial charge < -0.3 is 15.4 Å². The van der Waals surface area contributed by atoms with Crippen molar-refractivity contribution in [1.82, 2.24) is 10.3 Å². The van der Waals surface area contributed by atoms with Crippen LogP contribution in [0.1, 0.15) is 32.1 Å². The molecule has 5 nitrogen and oxygen atoms in total. The summed E-state index contributed by atoms with van der Waals surface area (Å²) in [6.45, 7) is 0. The standard InChI is InChI=1S/C19H23N3O2S/c1-24-17-5-3-2-4-15(17)16-11-25-19(21-16)22-18(23)10-12-8-13-6-7-14(9-12)20-13/h2-5,11-14,20H,6-10H2,1H3,(H,21,22,23). The molecule has 1 aromatic carbocycles. The van der Waals surface area contributed by atoms with Crippen LogP contribution >= 0.6 is 11.3 Å². The average Bonchev–Trinajstić information content (AvgIpc) is 3.21. The van der Waals surface area contributed by atoms with Gasteiger partial charge in [-0.25, -0.2) is 4.98 Å². The Kier molecular flexibility index (Phi) is 4.72. The number of nitrogens with zero attached hydrogens (tertiary/aromatic N) is 1. The molecule has 0 spiro atoms. The van der Waals surface area contributed by atoms with Crippen LogP contribution in [0.15, 0.2) is 29.6 Å². The number of piperidine rings is 1. The highest BCUT2D eigenvalue weighted by Gasteiger charge is 2.34. The molecule has 0 radical (unpaired) electrons. The number of hydrogen-bond acceptors (Lipinski definition) is 5. The maximum Gasteiger partial charge on any atom is 0.226 e. The number of ether oxygens (including phenoxy) is 1. The fourth-order valence-corrected chi connectivity index (χ4v) is 4.81. The van der Waals surface area contributed by atoms with Crippen LogP contribution in [0.4, 0.5) is 5.13 Å². The fraction of sp³-hybridized carbons (Fsp3) is 0.474. The van der Waals surface area contributed by atoms with Crippen molar-refractivity contribution in [3.8, 4) is 17.0 Å². The van der Waals surface area contributed by atoms with E-state index in [4.69, 9.17) is 4.74 Å². The van der Waals surface area contributed by atoms with Crippen molar-refractivity contribution < 1.29 is 9.53 Å².